The van der Waals surface area contributed by atoms with Crippen molar-refractivity contribution in [2.24, 2.45) is 5.73 Å². The van der Waals surface area contributed by atoms with Crippen LogP contribution >= 0.6 is 0 Å². The maximum absolute atomic E-state index is 5.59. The Morgan fingerprint density at radius 2 is 2.33 bits per heavy atom. The Bertz CT molecular complexity index is 293. The summed E-state index contributed by atoms with van der Waals surface area (Å²) in [5.74, 6) is 1.49. The van der Waals surface area contributed by atoms with Crippen molar-refractivity contribution in [1.82, 2.24) is 15.5 Å². The molecule has 2 rings (SSSR count). The summed E-state index contributed by atoms with van der Waals surface area (Å²) >= 11 is 0. The van der Waals surface area contributed by atoms with Gasteiger partial charge in [0.15, 0.2) is 0 Å². The molecule has 84 valence electrons. The van der Waals surface area contributed by atoms with Crippen LogP contribution in [-0.2, 0) is 6.42 Å². The smallest absolute Gasteiger partial charge is 0.233 e. The molecular weight excluding hydrogens is 192 g/mol. The first-order valence-electron chi connectivity index (χ1n) is 5.66. The summed E-state index contributed by atoms with van der Waals surface area (Å²) in [5, 5.41) is 11.4. The molecular formula is C10H18N4O. The molecule has 5 heteroatoms. The number of hydrogen-bond acceptors (Lipinski definition) is 5. The van der Waals surface area contributed by atoms with Crippen LogP contribution < -0.4 is 11.1 Å². The van der Waals surface area contributed by atoms with E-state index in [9.17, 15) is 0 Å². The zero-order valence-corrected chi connectivity index (χ0v) is 8.91. The Hall–Kier alpha value is -0.940. The monoisotopic (exact) mass is 210 g/mol. The summed E-state index contributed by atoms with van der Waals surface area (Å²) in [5.41, 5.74) is 5.42. The molecule has 1 unspecified atom stereocenters. The first kappa shape index (κ1) is 10.6. The van der Waals surface area contributed by atoms with Gasteiger partial charge in [-0.2, -0.15) is 0 Å². The molecule has 0 saturated carbocycles. The number of hydrogen-bond donors (Lipinski definition) is 2. The number of aryl methyl sites for hydroxylation is 1. The molecule has 0 radical (unpaired) electrons. The molecule has 1 aliphatic heterocycles. The molecule has 0 spiro atoms. The van der Waals surface area contributed by atoms with Gasteiger partial charge in [0, 0.05) is 6.42 Å². The van der Waals surface area contributed by atoms with Crippen molar-refractivity contribution in [2.45, 2.75) is 38.1 Å². The van der Waals surface area contributed by atoms with E-state index in [4.69, 9.17) is 10.2 Å². The minimum Gasteiger partial charge on any atom is -0.424 e. The summed E-state index contributed by atoms with van der Waals surface area (Å²) in [6, 6.07) is 0.278. The largest absolute Gasteiger partial charge is 0.424 e. The van der Waals surface area contributed by atoms with Crippen molar-refractivity contribution >= 4 is 0 Å². The van der Waals surface area contributed by atoms with Crippen molar-refractivity contribution in [2.75, 3.05) is 13.1 Å². The predicted molar refractivity (Wildman–Crippen MR) is 56.3 cm³/mol. The second-order valence-electron chi connectivity index (χ2n) is 3.93. The van der Waals surface area contributed by atoms with Crippen LogP contribution in [0.2, 0.25) is 0 Å². The summed E-state index contributed by atoms with van der Waals surface area (Å²) < 4.78 is 5.59. The third kappa shape index (κ3) is 2.76. The van der Waals surface area contributed by atoms with Gasteiger partial charge in [0.05, 0.1) is 6.04 Å². The van der Waals surface area contributed by atoms with Gasteiger partial charge in [-0.05, 0) is 38.8 Å². The molecule has 0 aromatic carbocycles. The summed E-state index contributed by atoms with van der Waals surface area (Å²) in [6.07, 6.45) is 5.17. The molecule has 15 heavy (non-hydrogen) atoms. The molecule has 1 aromatic heterocycles. The number of nitrogens with one attached hydrogen (secondary N) is 1. The lowest BCUT2D eigenvalue weighted by Gasteiger charge is -2.02. The number of nitrogens with two attached hydrogens (primary N) is 1. The molecule has 1 aliphatic rings. The highest BCUT2D eigenvalue weighted by Gasteiger charge is 2.21. The van der Waals surface area contributed by atoms with E-state index in [1.54, 1.807) is 0 Å². The SMILES string of the molecule is NCCCCc1nnc(C2CCCN2)o1. The second kappa shape index (κ2) is 5.23. The normalized spacial score (nSPS) is 21.0. The van der Waals surface area contributed by atoms with Crippen LogP contribution in [0.25, 0.3) is 0 Å². The maximum atomic E-state index is 5.59. The molecule has 1 fully saturated rings. The lowest BCUT2D eigenvalue weighted by molar-refractivity contribution is 0.398. The average Bonchev–Trinajstić information content (AvgIpc) is 2.87. The highest BCUT2D eigenvalue weighted by molar-refractivity contribution is 4.93. The van der Waals surface area contributed by atoms with E-state index in [0.717, 1.165) is 50.6 Å². The van der Waals surface area contributed by atoms with E-state index >= 15 is 0 Å². The highest BCUT2D eigenvalue weighted by atomic mass is 16.4. The van der Waals surface area contributed by atoms with Gasteiger partial charge in [-0.3, -0.25) is 0 Å². The molecule has 0 bridgehead atoms. The van der Waals surface area contributed by atoms with E-state index in [2.05, 4.69) is 15.5 Å². The molecule has 3 N–H and O–H groups in total. The van der Waals surface area contributed by atoms with Crippen molar-refractivity contribution < 1.29 is 4.42 Å². The third-order valence-corrected chi connectivity index (χ3v) is 2.69. The molecule has 2 heterocycles. The topological polar surface area (TPSA) is 77.0 Å². The Kier molecular flexibility index (Phi) is 3.69. The summed E-state index contributed by atoms with van der Waals surface area (Å²) in [4.78, 5) is 0. The van der Waals surface area contributed by atoms with Crippen molar-refractivity contribution in [1.29, 1.82) is 0 Å². The highest BCUT2D eigenvalue weighted by Crippen LogP contribution is 2.21. The number of unbranched alkanes of at least 4 members (excludes halogenated alkanes) is 1. The molecule has 1 atom stereocenters. The molecule has 1 aromatic rings. The Balaban J connectivity index is 1.86. The van der Waals surface area contributed by atoms with Gasteiger partial charge in [-0.15, -0.1) is 10.2 Å². The molecule has 0 amide bonds. The van der Waals surface area contributed by atoms with E-state index < -0.39 is 0 Å². The van der Waals surface area contributed by atoms with Gasteiger partial charge in [0.2, 0.25) is 11.8 Å². The van der Waals surface area contributed by atoms with E-state index in [0.29, 0.717) is 0 Å². The Morgan fingerprint density at radius 1 is 1.40 bits per heavy atom. The van der Waals surface area contributed by atoms with Gasteiger partial charge < -0.3 is 15.5 Å². The predicted octanol–water partition coefficient (Wildman–Crippen LogP) is 0.775. The van der Waals surface area contributed by atoms with Gasteiger partial charge in [0.1, 0.15) is 0 Å². The van der Waals surface area contributed by atoms with Gasteiger partial charge in [-0.1, -0.05) is 0 Å². The van der Waals surface area contributed by atoms with Crippen LogP contribution in [-0.4, -0.2) is 23.3 Å². The van der Waals surface area contributed by atoms with Crippen LogP contribution in [0.1, 0.15) is 43.5 Å². The van der Waals surface area contributed by atoms with E-state index in [-0.39, 0.29) is 6.04 Å². The maximum Gasteiger partial charge on any atom is 0.233 e. The fraction of sp³-hybridized carbons (Fsp3) is 0.800. The first-order chi connectivity index (χ1) is 7.40. The van der Waals surface area contributed by atoms with Crippen LogP contribution in [0.4, 0.5) is 0 Å². The zero-order valence-electron chi connectivity index (χ0n) is 8.91. The minimum atomic E-state index is 0.278. The first-order valence-corrected chi connectivity index (χ1v) is 5.66. The minimum absolute atomic E-state index is 0.278. The van der Waals surface area contributed by atoms with Gasteiger partial charge in [-0.25, -0.2) is 0 Å². The zero-order chi connectivity index (χ0) is 10.5. The summed E-state index contributed by atoms with van der Waals surface area (Å²) in [6.45, 7) is 1.78. The van der Waals surface area contributed by atoms with E-state index in [1.165, 1.54) is 6.42 Å². The van der Waals surface area contributed by atoms with Crippen molar-refractivity contribution in [3.8, 4) is 0 Å². The van der Waals surface area contributed by atoms with E-state index in [1.807, 2.05) is 0 Å². The Labute approximate surface area is 89.4 Å². The number of rotatable bonds is 5. The lowest BCUT2D eigenvalue weighted by atomic mass is 10.2. The third-order valence-electron chi connectivity index (χ3n) is 2.69. The quantitative estimate of drug-likeness (QED) is 0.702. The average molecular weight is 210 g/mol. The van der Waals surface area contributed by atoms with Crippen molar-refractivity contribution in [3.63, 3.8) is 0 Å². The Morgan fingerprint density at radius 3 is 3.07 bits per heavy atom. The van der Waals surface area contributed by atoms with Gasteiger partial charge >= 0.3 is 0 Å². The van der Waals surface area contributed by atoms with Gasteiger partial charge in [0.25, 0.3) is 0 Å². The fourth-order valence-electron chi connectivity index (χ4n) is 1.82. The lowest BCUT2D eigenvalue weighted by Crippen LogP contribution is -2.12. The summed E-state index contributed by atoms with van der Waals surface area (Å²) in [7, 11) is 0. The molecule has 5 nitrogen and oxygen atoms in total. The number of aromatic nitrogens is 2. The fourth-order valence-corrected chi connectivity index (χ4v) is 1.82. The van der Waals surface area contributed by atoms with Crippen LogP contribution in [0, 0.1) is 0 Å². The molecule has 0 aliphatic carbocycles. The number of nitrogens with zero attached hydrogens (tertiary/aromatic N) is 2. The van der Waals surface area contributed by atoms with Crippen LogP contribution in [0.15, 0.2) is 4.42 Å². The van der Waals surface area contributed by atoms with Crippen LogP contribution in [0.5, 0.6) is 0 Å². The standard InChI is InChI=1S/C10H18N4O/c11-6-2-1-5-9-13-14-10(15-9)8-4-3-7-12-8/h8,12H,1-7,11H2. The second-order valence-corrected chi connectivity index (χ2v) is 3.93. The van der Waals surface area contributed by atoms with Crippen molar-refractivity contribution in [3.05, 3.63) is 11.8 Å². The molecule has 1 saturated heterocycles. The van der Waals surface area contributed by atoms with Crippen LogP contribution in [0.3, 0.4) is 0 Å².